The zero-order valence-corrected chi connectivity index (χ0v) is 8.64. The third kappa shape index (κ3) is 3.99. The van der Waals surface area contributed by atoms with Gasteiger partial charge < -0.3 is 15.2 Å². The summed E-state index contributed by atoms with van der Waals surface area (Å²) >= 11 is 0. The van der Waals surface area contributed by atoms with E-state index in [-0.39, 0.29) is 0 Å². The van der Waals surface area contributed by atoms with Gasteiger partial charge in [0.25, 0.3) is 0 Å². The lowest BCUT2D eigenvalue weighted by atomic mass is 10.2. The van der Waals surface area contributed by atoms with E-state index in [2.05, 4.69) is 5.32 Å². The summed E-state index contributed by atoms with van der Waals surface area (Å²) in [4.78, 5) is 10.9. The van der Waals surface area contributed by atoms with Crippen molar-refractivity contribution in [2.45, 2.75) is 12.5 Å². The highest BCUT2D eigenvalue weighted by Gasteiger charge is 2.18. The SMILES string of the molecule is CNCCC(Oc1ccccc1)C(=O)O. The highest BCUT2D eigenvalue weighted by molar-refractivity contribution is 5.72. The molecule has 0 saturated heterocycles. The Bertz CT molecular complexity index is 300. The molecule has 4 nitrogen and oxygen atoms in total. The van der Waals surface area contributed by atoms with Crippen LogP contribution in [-0.2, 0) is 4.79 Å². The first-order valence-corrected chi connectivity index (χ1v) is 4.83. The third-order valence-corrected chi connectivity index (χ3v) is 1.95. The molecule has 1 aromatic carbocycles. The lowest BCUT2D eigenvalue weighted by Gasteiger charge is -2.14. The Morgan fingerprint density at radius 2 is 2.13 bits per heavy atom. The topological polar surface area (TPSA) is 58.6 Å². The molecule has 0 spiro atoms. The Kier molecular flexibility index (Phi) is 4.63. The minimum Gasteiger partial charge on any atom is -0.479 e. The molecule has 1 aromatic rings. The van der Waals surface area contributed by atoms with Crippen molar-refractivity contribution in [2.24, 2.45) is 0 Å². The maximum absolute atomic E-state index is 10.9. The fourth-order valence-corrected chi connectivity index (χ4v) is 1.17. The molecule has 0 amide bonds. The van der Waals surface area contributed by atoms with E-state index in [0.717, 1.165) is 0 Å². The van der Waals surface area contributed by atoms with E-state index in [0.29, 0.717) is 18.7 Å². The van der Waals surface area contributed by atoms with Crippen LogP contribution < -0.4 is 10.1 Å². The molecule has 0 aliphatic heterocycles. The van der Waals surface area contributed by atoms with Crippen LogP contribution in [0.3, 0.4) is 0 Å². The van der Waals surface area contributed by atoms with Crippen LogP contribution in [0.4, 0.5) is 0 Å². The Balaban J connectivity index is 2.55. The van der Waals surface area contributed by atoms with Crippen molar-refractivity contribution in [3.8, 4) is 5.75 Å². The minimum absolute atomic E-state index is 0.445. The number of carboxylic acids is 1. The Morgan fingerprint density at radius 1 is 1.47 bits per heavy atom. The monoisotopic (exact) mass is 209 g/mol. The second-order valence-electron chi connectivity index (χ2n) is 3.15. The number of ether oxygens (including phenoxy) is 1. The van der Waals surface area contributed by atoms with Crippen molar-refractivity contribution >= 4 is 5.97 Å². The van der Waals surface area contributed by atoms with Crippen molar-refractivity contribution in [3.63, 3.8) is 0 Å². The van der Waals surface area contributed by atoms with E-state index in [9.17, 15) is 4.79 Å². The molecule has 4 heteroatoms. The van der Waals surface area contributed by atoms with Crippen LogP contribution in [0.15, 0.2) is 30.3 Å². The molecule has 0 heterocycles. The summed E-state index contributed by atoms with van der Waals surface area (Å²) in [5, 5.41) is 11.8. The van der Waals surface area contributed by atoms with Gasteiger partial charge in [-0.05, 0) is 25.7 Å². The van der Waals surface area contributed by atoms with E-state index < -0.39 is 12.1 Å². The molecule has 82 valence electrons. The standard InChI is InChI=1S/C11H15NO3/c1-12-8-7-10(11(13)14)15-9-5-3-2-4-6-9/h2-6,10,12H,7-8H2,1H3,(H,13,14). The number of para-hydroxylation sites is 1. The fourth-order valence-electron chi connectivity index (χ4n) is 1.17. The molecule has 2 N–H and O–H groups in total. The van der Waals surface area contributed by atoms with Crippen molar-refractivity contribution in [3.05, 3.63) is 30.3 Å². The second-order valence-corrected chi connectivity index (χ2v) is 3.15. The van der Waals surface area contributed by atoms with E-state index in [1.54, 1.807) is 19.2 Å². The number of benzene rings is 1. The summed E-state index contributed by atoms with van der Waals surface area (Å²) in [7, 11) is 1.78. The average molecular weight is 209 g/mol. The van der Waals surface area contributed by atoms with Crippen LogP contribution in [0.2, 0.25) is 0 Å². The summed E-state index contributed by atoms with van der Waals surface area (Å²) < 4.78 is 5.34. The predicted molar refractivity (Wildman–Crippen MR) is 57.0 cm³/mol. The van der Waals surface area contributed by atoms with Crippen molar-refractivity contribution in [1.29, 1.82) is 0 Å². The van der Waals surface area contributed by atoms with E-state index in [1.165, 1.54) is 0 Å². The summed E-state index contributed by atoms with van der Waals surface area (Å²) in [5.74, 6) is -0.352. The van der Waals surface area contributed by atoms with Crippen molar-refractivity contribution in [1.82, 2.24) is 5.32 Å². The fraction of sp³-hybridized carbons (Fsp3) is 0.364. The molecule has 1 unspecified atom stereocenters. The number of hydrogen-bond donors (Lipinski definition) is 2. The van der Waals surface area contributed by atoms with Gasteiger partial charge in [-0.3, -0.25) is 0 Å². The molecule has 0 aliphatic rings. The van der Waals surface area contributed by atoms with Crippen molar-refractivity contribution < 1.29 is 14.6 Å². The Morgan fingerprint density at radius 3 is 2.67 bits per heavy atom. The molecule has 1 rings (SSSR count). The van der Waals surface area contributed by atoms with Gasteiger partial charge in [0, 0.05) is 6.42 Å². The third-order valence-electron chi connectivity index (χ3n) is 1.95. The van der Waals surface area contributed by atoms with Crippen LogP contribution in [0.1, 0.15) is 6.42 Å². The lowest BCUT2D eigenvalue weighted by Crippen LogP contribution is -2.30. The van der Waals surface area contributed by atoms with Gasteiger partial charge in [0.05, 0.1) is 0 Å². The summed E-state index contributed by atoms with van der Waals surface area (Å²) in [6.45, 7) is 0.615. The number of rotatable bonds is 6. The number of nitrogens with one attached hydrogen (secondary N) is 1. The first kappa shape index (κ1) is 11.5. The minimum atomic E-state index is -0.936. The van der Waals surface area contributed by atoms with E-state index in [1.807, 2.05) is 18.2 Å². The van der Waals surface area contributed by atoms with Gasteiger partial charge in [0.15, 0.2) is 6.10 Å². The van der Waals surface area contributed by atoms with Crippen LogP contribution >= 0.6 is 0 Å². The maximum Gasteiger partial charge on any atom is 0.344 e. The Hall–Kier alpha value is -1.55. The summed E-state index contributed by atoms with van der Waals surface area (Å²) in [6, 6.07) is 8.97. The van der Waals surface area contributed by atoms with E-state index >= 15 is 0 Å². The summed E-state index contributed by atoms with van der Waals surface area (Å²) in [6.07, 6.45) is -0.347. The molecule has 1 atom stereocenters. The Labute approximate surface area is 88.9 Å². The van der Waals surface area contributed by atoms with Crippen molar-refractivity contribution in [2.75, 3.05) is 13.6 Å². The van der Waals surface area contributed by atoms with E-state index in [4.69, 9.17) is 9.84 Å². The van der Waals surface area contributed by atoms with Crippen LogP contribution in [0.5, 0.6) is 5.75 Å². The molecular formula is C11H15NO3. The van der Waals surface area contributed by atoms with Gasteiger partial charge in [-0.1, -0.05) is 18.2 Å². The molecule has 0 saturated carbocycles. The highest BCUT2D eigenvalue weighted by Crippen LogP contribution is 2.12. The first-order chi connectivity index (χ1) is 7.24. The predicted octanol–water partition coefficient (Wildman–Crippen LogP) is 1.13. The molecular weight excluding hydrogens is 194 g/mol. The van der Waals surface area contributed by atoms with Gasteiger partial charge in [-0.15, -0.1) is 0 Å². The zero-order valence-electron chi connectivity index (χ0n) is 8.64. The van der Waals surface area contributed by atoms with Gasteiger partial charge in [0.1, 0.15) is 5.75 Å². The smallest absolute Gasteiger partial charge is 0.344 e. The molecule has 0 aromatic heterocycles. The molecule has 0 aliphatic carbocycles. The van der Waals surface area contributed by atoms with Crippen LogP contribution in [0, 0.1) is 0 Å². The van der Waals surface area contributed by atoms with Crippen LogP contribution in [0.25, 0.3) is 0 Å². The first-order valence-electron chi connectivity index (χ1n) is 4.83. The lowest BCUT2D eigenvalue weighted by molar-refractivity contribution is -0.145. The number of carbonyl (C=O) groups is 1. The van der Waals surface area contributed by atoms with Gasteiger partial charge in [-0.2, -0.15) is 0 Å². The molecule has 0 fully saturated rings. The normalized spacial score (nSPS) is 12.1. The van der Waals surface area contributed by atoms with Crippen LogP contribution in [-0.4, -0.2) is 30.8 Å². The maximum atomic E-state index is 10.9. The highest BCUT2D eigenvalue weighted by atomic mass is 16.5. The largest absolute Gasteiger partial charge is 0.479 e. The average Bonchev–Trinajstić information content (AvgIpc) is 2.25. The zero-order chi connectivity index (χ0) is 11.1. The molecule has 0 bridgehead atoms. The van der Waals surface area contributed by atoms with Gasteiger partial charge in [0.2, 0.25) is 0 Å². The number of aliphatic carboxylic acids is 1. The molecule has 0 radical (unpaired) electrons. The number of hydrogen-bond acceptors (Lipinski definition) is 3. The second kappa shape index (κ2) is 6.03. The number of carboxylic acid groups (broad SMARTS) is 1. The quantitative estimate of drug-likeness (QED) is 0.737. The van der Waals surface area contributed by atoms with Gasteiger partial charge in [-0.25, -0.2) is 4.79 Å². The summed E-state index contributed by atoms with van der Waals surface area (Å²) in [5.41, 5.74) is 0. The van der Waals surface area contributed by atoms with Gasteiger partial charge >= 0.3 is 5.97 Å². The molecule has 15 heavy (non-hydrogen) atoms.